The Balaban J connectivity index is 1.51. The van der Waals surface area contributed by atoms with Gasteiger partial charge in [0, 0.05) is 43.7 Å². The lowest BCUT2D eigenvalue weighted by molar-refractivity contribution is -0.134. The number of amides is 1. The minimum absolute atomic E-state index is 0.120. The minimum Gasteiger partial charge on any atom is -0.484 e. The van der Waals surface area contributed by atoms with Crippen molar-refractivity contribution in [2.24, 2.45) is 0 Å². The maximum absolute atomic E-state index is 13.4. The average Bonchev–Trinajstić information content (AvgIpc) is 2.83. The second-order valence-corrected chi connectivity index (χ2v) is 9.43. The van der Waals surface area contributed by atoms with E-state index in [9.17, 15) is 9.59 Å². The van der Waals surface area contributed by atoms with Crippen LogP contribution in [0.4, 0.5) is 5.95 Å². The number of hydrogen-bond donors (Lipinski definition) is 1. The molecular formula is C25H27Cl2N5O3. The van der Waals surface area contributed by atoms with E-state index in [-0.39, 0.29) is 24.6 Å². The topological polar surface area (TPSA) is 79.7 Å². The highest BCUT2D eigenvalue weighted by atomic mass is 35.5. The molecule has 0 atom stereocenters. The number of nitrogens with one attached hydrogen (secondary N) is 1. The zero-order valence-corrected chi connectivity index (χ0v) is 21.4. The molecule has 4 rings (SSSR count). The first-order valence-corrected chi connectivity index (χ1v) is 12.0. The molecule has 1 amide bonds. The van der Waals surface area contributed by atoms with Gasteiger partial charge in [-0.15, -0.1) is 0 Å². The van der Waals surface area contributed by atoms with Crippen LogP contribution in [0.5, 0.6) is 5.75 Å². The van der Waals surface area contributed by atoms with Gasteiger partial charge in [0.2, 0.25) is 5.95 Å². The summed E-state index contributed by atoms with van der Waals surface area (Å²) in [5.41, 5.74) is 3.11. The number of anilines is 1. The van der Waals surface area contributed by atoms with Gasteiger partial charge in [0.05, 0.1) is 17.8 Å². The molecule has 2 heterocycles. The minimum atomic E-state index is -0.207. The zero-order valence-electron chi connectivity index (χ0n) is 19.8. The van der Waals surface area contributed by atoms with E-state index < -0.39 is 0 Å². The van der Waals surface area contributed by atoms with Crippen molar-refractivity contribution >= 4 is 35.1 Å². The molecule has 0 saturated heterocycles. The molecule has 0 unspecified atom stereocenters. The Labute approximate surface area is 214 Å². The van der Waals surface area contributed by atoms with Gasteiger partial charge in [-0.2, -0.15) is 4.68 Å². The highest BCUT2D eigenvalue weighted by molar-refractivity contribution is 6.30. The summed E-state index contributed by atoms with van der Waals surface area (Å²) < 4.78 is 7.07. The van der Waals surface area contributed by atoms with Crippen molar-refractivity contribution in [1.29, 1.82) is 0 Å². The fraction of sp³-hybridized carbons (Fsp3) is 0.320. The van der Waals surface area contributed by atoms with Gasteiger partial charge in [0.15, 0.2) is 6.61 Å². The van der Waals surface area contributed by atoms with Gasteiger partial charge in [0.25, 0.3) is 11.5 Å². The van der Waals surface area contributed by atoms with E-state index in [1.54, 1.807) is 48.3 Å². The third-order valence-corrected chi connectivity index (χ3v) is 6.37. The van der Waals surface area contributed by atoms with Crippen LogP contribution in [0.1, 0.15) is 22.4 Å². The Morgan fingerprint density at radius 3 is 2.57 bits per heavy atom. The molecule has 0 radical (unpaired) electrons. The summed E-state index contributed by atoms with van der Waals surface area (Å²) in [6.45, 7) is 3.00. The number of ether oxygens (including phenoxy) is 1. The van der Waals surface area contributed by atoms with Gasteiger partial charge in [-0.25, -0.2) is 4.98 Å². The molecule has 0 fully saturated rings. The molecule has 0 spiro atoms. The van der Waals surface area contributed by atoms with Crippen LogP contribution in [0.25, 0.3) is 0 Å². The van der Waals surface area contributed by atoms with Crippen LogP contribution in [-0.4, -0.2) is 47.7 Å². The van der Waals surface area contributed by atoms with E-state index in [4.69, 9.17) is 32.9 Å². The number of carbonyl (C=O) groups is 1. The van der Waals surface area contributed by atoms with Gasteiger partial charge < -0.3 is 20.0 Å². The fourth-order valence-electron chi connectivity index (χ4n) is 3.94. The number of nitrogens with zero attached hydrogens (tertiary/aromatic N) is 4. The number of rotatable bonds is 7. The molecule has 184 valence electrons. The molecule has 1 aliphatic heterocycles. The van der Waals surface area contributed by atoms with Gasteiger partial charge >= 0.3 is 0 Å². The number of carbonyl (C=O) groups excluding carboxylic acids is 1. The van der Waals surface area contributed by atoms with Crippen LogP contribution in [0.15, 0.2) is 47.3 Å². The third kappa shape index (κ3) is 5.71. The van der Waals surface area contributed by atoms with Crippen molar-refractivity contribution in [2.45, 2.75) is 26.4 Å². The molecule has 0 bridgehead atoms. The summed E-state index contributed by atoms with van der Waals surface area (Å²) in [5.74, 6) is 0.812. The quantitative estimate of drug-likeness (QED) is 0.517. The second kappa shape index (κ2) is 10.6. The van der Waals surface area contributed by atoms with Crippen molar-refractivity contribution in [3.05, 3.63) is 85.2 Å². The Kier molecular flexibility index (Phi) is 7.52. The normalized spacial score (nSPS) is 12.8. The molecule has 0 saturated carbocycles. The molecule has 1 N–H and O–H groups in total. The van der Waals surface area contributed by atoms with Crippen LogP contribution in [-0.2, 0) is 24.3 Å². The Morgan fingerprint density at radius 1 is 1.14 bits per heavy atom. The number of fused-ring (bicyclic) bond motifs is 1. The van der Waals surface area contributed by atoms with Crippen molar-refractivity contribution < 1.29 is 9.53 Å². The molecular weight excluding hydrogens is 489 g/mol. The van der Waals surface area contributed by atoms with Gasteiger partial charge in [-0.3, -0.25) is 9.59 Å². The summed E-state index contributed by atoms with van der Waals surface area (Å²) in [5, 5.41) is 6.21. The SMILES string of the molecule is Cc1ccc(Cl)cc1CNc1nc2c(c(=O)n1N(C)C)CN(C(=O)COc1ccc(Cl)cc1)CC2. The highest BCUT2D eigenvalue weighted by Crippen LogP contribution is 2.20. The van der Waals surface area contributed by atoms with Crippen LogP contribution < -0.4 is 20.6 Å². The number of aryl methyl sites for hydroxylation is 1. The first-order chi connectivity index (χ1) is 16.7. The Morgan fingerprint density at radius 2 is 1.86 bits per heavy atom. The summed E-state index contributed by atoms with van der Waals surface area (Å²) in [7, 11) is 3.55. The molecule has 0 aliphatic carbocycles. The molecule has 1 aromatic heterocycles. The smallest absolute Gasteiger partial charge is 0.278 e. The average molecular weight is 516 g/mol. The standard InChI is InChI=1S/C25H27Cl2N5O3/c1-16-4-5-19(27)12-17(16)13-28-25-29-22-10-11-31(14-21(22)24(34)32(25)30(2)3)23(33)15-35-20-8-6-18(26)7-9-20/h4-9,12H,10-11,13-15H2,1-3H3,(H,28,29). The molecule has 1 aliphatic rings. The van der Waals surface area contributed by atoms with Crippen molar-refractivity contribution in [3.63, 3.8) is 0 Å². The van der Waals surface area contributed by atoms with Gasteiger partial charge in [-0.05, 0) is 54.4 Å². The van der Waals surface area contributed by atoms with Crippen LogP contribution in [0.3, 0.4) is 0 Å². The zero-order chi connectivity index (χ0) is 25.1. The maximum Gasteiger partial charge on any atom is 0.278 e. The number of benzene rings is 2. The number of halogens is 2. The lowest BCUT2D eigenvalue weighted by Crippen LogP contribution is -2.46. The van der Waals surface area contributed by atoms with Crippen molar-refractivity contribution in [1.82, 2.24) is 14.6 Å². The molecule has 35 heavy (non-hydrogen) atoms. The third-order valence-electron chi connectivity index (χ3n) is 5.88. The summed E-state index contributed by atoms with van der Waals surface area (Å²) in [4.78, 5) is 32.6. The maximum atomic E-state index is 13.4. The summed E-state index contributed by atoms with van der Waals surface area (Å²) >= 11 is 12.0. The Hall–Kier alpha value is -3.23. The van der Waals surface area contributed by atoms with Gasteiger partial charge in [-0.1, -0.05) is 29.3 Å². The number of aromatic nitrogens is 2. The predicted octanol–water partition coefficient (Wildman–Crippen LogP) is 3.63. The van der Waals surface area contributed by atoms with E-state index in [1.165, 1.54) is 4.68 Å². The van der Waals surface area contributed by atoms with E-state index >= 15 is 0 Å². The first kappa shape index (κ1) is 24.9. The molecule has 8 nitrogen and oxygen atoms in total. The van der Waals surface area contributed by atoms with E-state index in [0.29, 0.717) is 52.5 Å². The summed E-state index contributed by atoms with van der Waals surface area (Å²) in [6.07, 6.45) is 0.483. The summed E-state index contributed by atoms with van der Waals surface area (Å²) in [6, 6.07) is 12.5. The number of hydrogen-bond acceptors (Lipinski definition) is 6. The lowest BCUT2D eigenvalue weighted by atomic mass is 10.1. The first-order valence-electron chi connectivity index (χ1n) is 11.2. The van der Waals surface area contributed by atoms with Gasteiger partial charge in [0.1, 0.15) is 5.75 Å². The molecule has 2 aromatic carbocycles. The molecule has 10 heteroatoms. The fourth-order valence-corrected chi connectivity index (χ4v) is 4.26. The largest absolute Gasteiger partial charge is 0.484 e. The molecule has 3 aromatic rings. The van der Waals surface area contributed by atoms with Crippen LogP contribution >= 0.6 is 23.2 Å². The van der Waals surface area contributed by atoms with Crippen molar-refractivity contribution in [3.8, 4) is 5.75 Å². The van der Waals surface area contributed by atoms with E-state index in [0.717, 1.165) is 11.1 Å². The van der Waals surface area contributed by atoms with E-state index in [2.05, 4.69) is 5.32 Å². The predicted molar refractivity (Wildman–Crippen MR) is 138 cm³/mol. The second-order valence-electron chi connectivity index (χ2n) is 8.56. The van der Waals surface area contributed by atoms with Crippen LogP contribution in [0.2, 0.25) is 10.0 Å². The Bertz CT molecular complexity index is 1290. The van der Waals surface area contributed by atoms with Crippen molar-refractivity contribution in [2.75, 3.05) is 37.6 Å². The van der Waals surface area contributed by atoms with E-state index in [1.807, 2.05) is 25.1 Å². The lowest BCUT2D eigenvalue weighted by Gasteiger charge is -2.30. The monoisotopic (exact) mass is 515 g/mol. The highest BCUT2D eigenvalue weighted by Gasteiger charge is 2.27. The van der Waals surface area contributed by atoms with Crippen LogP contribution in [0, 0.1) is 6.92 Å².